The highest BCUT2D eigenvalue weighted by molar-refractivity contribution is 6.62. The summed E-state index contributed by atoms with van der Waals surface area (Å²) in [5.41, 5.74) is -0.360. The molecule has 0 bridgehead atoms. The van der Waals surface area contributed by atoms with Crippen molar-refractivity contribution in [3.05, 3.63) is 0 Å². The molecule has 1 fully saturated rings. The van der Waals surface area contributed by atoms with E-state index in [1.807, 2.05) is 0 Å². The lowest BCUT2D eigenvalue weighted by Crippen LogP contribution is -2.55. The van der Waals surface area contributed by atoms with Crippen LogP contribution in [0.5, 0.6) is 0 Å². The molecule has 1 aliphatic rings. The fourth-order valence-electron chi connectivity index (χ4n) is 4.13. The molecule has 4 heteroatoms. The van der Waals surface area contributed by atoms with Crippen LogP contribution in [0.2, 0.25) is 12.1 Å². The van der Waals surface area contributed by atoms with E-state index in [0.29, 0.717) is 0 Å². The van der Waals surface area contributed by atoms with Gasteiger partial charge < -0.3 is 9.47 Å². The van der Waals surface area contributed by atoms with Gasteiger partial charge in [0.2, 0.25) is 5.53 Å². The van der Waals surface area contributed by atoms with E-state index >= 15 is 0 Å². The molecule has 25 heavy (non-hydrogen) atoms. The van der Waals surface area contributed by atoms with Crippen LogP contribution in [0.25, 0.3) is 0 Å². The number of nitrogens with one attached hydrogen (secondary N) is 1. The molecule has 3 nitrogen and oxygen atoms in total. The second-order valence-corrected chi connectivity index (χ2v) is 10.9. The van der Waals surface area contributed by atoms with Crippen LogP contribution in [0.3, 0.4) is 0 Å². The fraction of sp³-hybridized carbons (Fsp3) is 1.00. The van der Waals surface area contributed by atoms with Gasteiger partial charge in [0.25, 0.3) is 0 Å². The van der Waals surface area contributed by atoms with E-state index in [0.717, 1.165) is 19.8 Å². The van der Waals surface area contributed by atoms with Crippen LogP contribution in [-0.4, -0.2) is 34.1 Å². The van der Waals surface area contributed by atoms with Gasteiger partial charge in [-0.2, -0.15) is 0 Å². The Morgan fingerprint density at radius 3 is 1.68 bits per heavy atom. The molecule has 0 saturated carbocycles. The summed E-state index contributed by atoms with van der Waals surface area (Å²) < 4.78 is 12.1. The van der Waals surface area contributed by atoms with Gasteiger partial charge in [0.1, 0.15) is 8.80 Å². The Balaban J connectivity index is 2.00. The molecule has 1 saturated heterocycles. The summed E-state index contributed by atoms with van der Waals surface area (Å²) in [5.74, 6) is 0. The van der Waals surface area contributed by atoms with E-state index in [1.54, 1.807) is 0 Å². The van der Waals surface area contributed by atoms with Crippen LogP contribution in [-0.2, 0) is 9.47 Å². The zero-order chi connectivity index (χ0) is 18.2. The number of rotatable bonds is 17. The zero-order valence-corrected chi connectivity index (χ0v) is 18.6. The monoisotopic (exact) mass is 371 g/mol. The van der Waals surface area contributed by atoms with Crippen LogP contribution in [0, 0.1) is 0 Å². The molecule has 1 atom stereocenters. The van der Waals surface area contributed by atoms with Crippen molar-refractivity contribution >= 4 is 8.80 Å². The van der Waals surface area contributed by atoms with Crippen molar-refractivity contribution in [3.8, 4) is 0 Å². The van der Waals surface area contributed by atoms with Crippen LogP contribution in [0.4, 0.5) is 0 Å². The van der Waals surface area contributed by atoms with Gasteiger partial charge >= 0.3 is 0 Å². The van der Waals surface area contributed by atoms with Crippen LogP contribution < -0.4 is 5.32 Å². The third kappa shape index (κ3) is 9.55. The van der Waals surface area contributed by atoms with Gasteiger partial charge in [-0.1, -0.05) is 90.0 Å². The zero-order valence-electron chi connectivity index (χ0n) is 17.4. The Morgan fingerprint density at radius 1 is 0.720 bits per heavy atom. The molecule has 1 aliphatic heterocycles. The first-order valence-electron chi connectivity index (χ1n) is 11.3. The SMILES string of the molecule is CCCCCCCCCCCCCC[SiH]1CCNC1(OCC)OCC. The number of unbranched alkanes of at least 4 members (excludes halogenated alkanes) is 11. The summed E-state index contributed by atoms with van der Waals surface area (Å²) in [7, 11) is -1.01. The van der Waals surface area contributed by atoms with Gasteiger partial charge in [-0.25, -0.2) is 0 Å². The average Bonchev–Trinajstić information content (AvgIpc) is 2.99. The molecule has 0 aromatic carbocycles. The fourth-order valence-corrected chi connectivity index (χ4v) is 7.69. The molecule has 1 unspecified atom stereocenters. The molecule has 1 rings (SSSR count). The largest absolute Gasteiger partial charge is 0.342 e. The number of ether oxygens (including phenoxy) is 2. The first-order chi connectivity index (χ1) is 12.3. The van der Waals surface area contributed by atoms with Gasteiger partial charge in [-0.05, 0) is 26.4 Å². The van der Waals surface area contributed by atoms with E-state index in [9.17, 15) is 0 Å². The highest BCUT2D eigenvalue weighted by atomic mass is 28.3. The number of hydrogen-bond donors (Lipinski definition) is 1. The van der Waals surface area contributed by atoms with Crippen molar-refractivity contribution in [2.24, 2.45) is 0 Å². The van der Waals surface area contributed by atoms with E-state index in [1.165, 1.54) is 89.1 Å². The van der Waals surface area contributed by atoms with Crippen molar-refractivity contribution in [1.29, 1.82) is 0 Å². The normalized spacial score (nSPS) is 19.6. The summed E-state index contributed by atoms with van der Waals surface area (Å²) >= 11 is 0. The quantitative estimate of drug-likeness (QED) is 0.200. The van der Waals surface area contributed by atoms with E-state index in [4.69, 9.17) is 9.47 Å². The molecular weight excluding hydrogens is 326 g/mol. The van der Waals surface area contributed by atoms with Gasteiger partial charge in [0.15, 0.2) is 0 Å². The van der Waals surface area contributed by atoms with E-state index in [2.05, 4.69) is 26.1 Å². The second-order valence-electron chi connectivity index (χ2n) is 7.62. The van der Waals surface area contributed by atoms with E-state index in [-0.39, 0.29) is 5.53 Å². The summed E-state index contributed by atoms with van der Waals surface area (Å²) in [5, 5.41) is 3.53. The minimum absolute atomic E-state index is 0.360. The average molecular weight is 372 g/mol. The third-order valence-electron chi connectivity index (χ3n) is 5.53. The van der Waals surface area contributed by atoms with Crippen molar-refractivity contribution < 1.29 is 9.47 Å². The topological polar surface area (TPSA) is 30.5 Å². The van der Waals surface area contributed by atoms with Crippen molar-refractivity contribution in [2.75, 3.05) is 19.8 Å². The van der Waals surface area contributed by atoms with Gasteiger partial charge in [0, 0.05) is 13.2 Å². The molecule has 0 spiro atoms. The Bertz CT molecular complexity index is 296. The standard InChI is InChI=1S/C21H45NO2Si/c1-4-7-8-9-10-11-12-13-14-15-16-17-19-25-20-18-22-21(25,23-5-2)24-6-3/h22,25H,4-20H2,1-3H3. The van der Waals surface area contributed by atoms with Gasteiger partial charge in [-0.3, -0.25) is 5.32 Å². The maximum Gasteiger partial charge on any atom is 0.201 e. The molecule has 0 radical (unpaired) electrons. The molecule has 0 aliphatic carbocycles. The smallest absolute Gasteiger partial charge is 0.201 e. The Morgan fingerprint density at radius 2 is 1.20 bits per heavy atom. The minimum atomic E-state index is -1.01. The van der Waals surface area contributed by atoms with Gasteiger partial charge in [0.05, 0.1) is 0 Å². The van der Waals surface area contributed by atoms with Crippen molar-refractivity contribution in [2.45, 2.75) is 115 Å². The molecule has 0 aromatic heterocycles. The van der Waals surface area contributed by atoms with Gasteiger partial charge in [-0.15, -0.1) is 0 Å². The predicted octanol–water partition coefficient (Wildman–Crippen LogP) is 5.78. The Labute approximate surface area is 159 Å². The lowest BCUT2D eigenvalue weighted by atomic mass is 10.1. The summed E-state index contributed by atoms with van der Waals surface area (Å²) in [6.45, 7) is 9.02. The first-order valence-corrected chi connectivity index (χ1v) is 13.5. The molecule has 1 heterocycles. The van der Waals surface area contributed by atoms with Crippen LogP contribution >= 0.6 is 0 Å². The lowest BCUT2D eigenvalue weighted by molar-refractivity contribution is -0.191. The van der Waals surface area contributed by atoms with E-state index < -0.39 is 8.80 Å². The Kier molecular flexibility index (Phi) is 14.1. The maximum atomic E-state index is 6.03. The Hall–Kier alpha value is 0.0969. The third-order valence-corrected chi connectivity index (χ3v) is 9.23. The highest BCUT2D eigenvalue weighted by Crippen LogP contribution is 2.27. The van der Waals surface area contributed by atoms with Crippen molar-refractivity contribution in [1.82, 2.24) is 5.32 Å². The molecule has 0 aromatic rings. The summed E-state index contributed by atoms with van der Waals surface area (Å²) in [6.07, 6.45) is 17.1. The lowest BCUT2D eigenvalue weighted by Gasteiger charge is -2.34. The molecule has 150 valence electrons. The molecule has 1 N–H and O–H groups in total. The summed E-state index contributed by atoms with van der Waals surface area (Å²) in [4.78, 5) is 0. The summed E-state index contributed by atoms with van der Waals surface area (Å²) in [6, 6.07) is 2.68. The molecular formula is C21H45NO2Si. The van der Waals surface area contributed by atoms with Crippen LogP contribution in [0.15, 0.2) is 0 Å². The predicted molar refractivity (Wildman–Crippen MR) is 112 cm³/mol. The minimum Gasteiger partial charge on any atom is -0.342 e. The number of hydrogen-bond acceptors (Lipinski definition) is 3. The van der Waals surface area contributed by atoms with Crippen molar-refractivity contribution in [3.63, 3.8) is 0 Å². The second kappa shape index (κ2) is 15.2. The first kappa shape index (κ1) is 23.1. The highest BCUT2D eigenvalue weighted by Gasteiger charge is 2.45. The maximum absolute atomic E-state index is 6.03. The molecule has 0 amide bonds. The van der Waals surface area contributed by atoms with Crippen LogP contribution in [0.1, 0.15) is 97.8 Å².